The lowest BCUT2D eigenvalue weighted by Gasteiger charge is -2.32. The second-order valence-corrected chi connectivity index (χ2v) is 12.6. The van der Waals surface area contributed by atoms with Crippen LogP contribution in [0.2, 0.25) is 0 Å². The zero-order valence-corrected chi connectivity index (χ0v) is 26.2. The summed E-state index contributed by atoms with van der Waals surface area (Å²) >= 11 is 3.41. The van der Waals surface area contributed by atoms with Crippen LogP contribution < -0.4 is 19.1 Å². The molecule has 0 bridgehead atoms. The van der Waals surface area contributed by atoms with Crippen molar-refractivity contribution < 1.29 is 27.5 Å². The number of nitrogens with zero attached hydrogens (tertiary/aromatic N) is 2. The van der Waals surface area contributed by atoms with E-state index >= 15 is 0 Å². The molecule has 0 saturated heterocycles. The summed E-state index contributed by atoms with van der Waals surface area (Å²) in [5, 5.41) is 2.88. The smallest absolute Gasteiger partial charge is 0.264 e. The topological polar surface area (TPSA) is 105 Å². The number of amides is 2. The van der Waals surface area contributed by atoms with Crippen LogP contribution in [0.4, 0.5) is 5.69 Å². The molecule has 41 heavy (non-hydrogen) atoms. The summed E-state index contributed by atoms with van der Waals surface area (Å²) < 4.78 is 40.5. The van der Waals surface area contributed by atoms with E-state index in [1.54, 1.807) is 37.3 Å². The Morgan fingerprint density at radius 3 is 2.12 bits per heavy atom. The minimum atomic E-state index is -4.19. The van der Waals surface area contributed by atoms with Gasteiger partial charge in [0.25, 0.3) is 10.0 Å². The summed E-state index contributed by atoms with van der Waals surface area (Å²) in [7, 11) is -1.27. The monoisotopic (exact) mass is 645 g/mol. The lowest BCUT2D eigenvalue weighted by atomic mass is 10.1. The number of ether oxygens (including phenoxy) is 2. The van der Waals surface area contributed by atoms with E-state index < -0.39 is 28.5 Å². The molecule has 3 aromatic rings. The van der Waals surface area contributed by atoms with Crippen molar-refractivity contribution in [2.45, 2.75) is 38.3 Å². The van der Waals surface area contributed by atoms with Gasteiger partial charge in [-0.1, -0.05) is 60.1 Å². The first-order chi connectivity index (χ1) is 19.5. The van der Waals surface area contributed by atoms with Crippen molar-refractivity contribution in [3.63, 3.8) is 0 Å². The molecule has 0 fully saturated rings. The second kappa shape index (κ2) is 14.4. The molecule has 1 N–H and O–H groups in total. The maximum atomic E-state index is 14.0. The Hall–Kier alpha value is -3.57. The van der Waals surface area contributed by atoms with Crippen LogP contribution in [0.5, 0.6) is 11.5 Å². The summed E-state index contributed by atoms with van der Waals surface area (Å²) in [4.78, 5) is 28.5. The van der Waals surface area contributed by atoms with Gasteiger partial charge in [-0.15, -0.1) is 0 Å². The van der Waals surface area contributed by atoms with Crippen LogP contribution in [0.15, 0.2) is 82.2 Å². The minimum absolute atomic E-state index is 0.0183. The van der Waals surface area contributed by atoms with Crippen molar-refractivity contribution in [2.24, 2.45) is 5.92 Å². The molecular weight excluding hydrogens is 610 g/mol. The molecule has 0 saturated carbocycles. The quantitative estimate of drug-likeness (QED) is 0.285. The molecule has 0 aliphatic carbocycles. The van der Waals surface area contributed by atoms with Gasteiger partial charge < -0.3 is 19.7 Å². The highest BCUT2D eigenvalue weighted by atomic mass is 79.9. The summed E-state index contributed by atoms with van der Waals surface area (Å²) in [5.41, 5.74) is 0.994. The van der Waals surface area contributed by atoms with E-state index in [4.69, 9.17) is 9.47 Å². The van der Waals surface area contributed by atoms with Gasteiger partial charge in [0.05, 0.1) is 24.8 Å². The number of methoxy groups -OCH3 is 2. The Balaban J connectivity index is 2.05. The molecule has 9 nitrogen and oxygen atoms in total. The maximum absolute atomic E-state index is 14.0. The molecule has 2 amide bonds. The predicted molar refractivity (Wildman–Crippen MR) is 163 cm³/mol. The van der Waals surface area contributed by atoms with Crippen LogP contribution in [-0.4, -0.2) is 58.5 Å². The van der Waals surface area contributed by atoms with Crippen LogP contribution >= 0.6 is 15.9 Å². The Morgan fingerprint density at radius 2 is 1.54 bits per heavy atom. The van der Waals surface area contributed by atoms with Gasteiger partial charge in [0.1, 0.15) is 12.6 Å². The van der Waals surface area contributed by atoms with E-state index in [9.17, 15) is 18.0 Å². The third-order valence-corrected chi connectivity index (χ3v) is 8.70. The van der Waals surface area contributed by atoms with Gasteiger partial charge in [-0.3, -0.25) is 13.9 Å². The molecule has 220 valence electrons. The third kappa shape index (κ3) is 8.23. The maximum Gasteiger partial charge on any atom is 0.264 e. The van der Waals surface area contributed by atoms with Gasteiger partial charge in [-0.05, 0) is 54.8 Å². The molecular formula is C30H36BrN3O6S. The average Bonchev–Trinajstić information content (AvgIpc) is 2.97. The number of carbonyl (C=O) groups excluding carboxylic acids is 2. The lowest BCUT2D eigenvalue weighted by molar-refractivity contribution is -0.139. The number of halogens is 1. The van der Waals surface area contributed by atoms with Crippen LogP contribution in [0.25, 0.3) is 0 Å². The molecule has 0 heterocycles. The van der Waals surface area contributed by atoms with E-state index in [0.29, 0.717) is 18.0 Å². The number of hydrogen-bond acceptors (Lipinski definition) is 6. The number of anilines is 1. The fourth-order valence-corrected chi connectivity index (χ4v) is 5.74. The first-order valence-electron chi connectivity index (χ1n) is 13.1. The number of carbonyl (C=O) groups is 2. The molecule has 1 atom stereocenters. The number of nitrogens with one attached hydrogen (secondary N) is 1. The number of benzene rings is 3. The molecule has 0 aliphatic rings. The fourth-order valence-electron chi connectivity index (χ4n) is 4.05. The van der Waals surface area contributed by atoms with Gasteiger partial charge in [0.2, 0.25) is 11.8 Å². The highest BCUT2D eigenvalue weighted by molar-refractivity contribution is 9.10. The largest absolute Gasteiger partial charge is 0.493 e. The predicted octanol–water partition coefficient (Wildman–Crippen LogP) is 4.85. The first kappa shape index (κ1) is 32.0. The zero-order valence-electron chi connectivity index (χ0n) is 23.8. The fraction of sp³-hybridized carbons (Fsp3) is 0.333. The third-order valence-electron chi connectivity index (χ3n) is 6.38. The molecule has 1 unspecified atom stereocenters. The lowest BCUT2D eigenvalue weighted by Crippen LogP contribution is -2.51. The van der Waals surface area contributed by atoms with E-state index in [1.807, 2.05) is 38.1 Å². The van der Waals surface area contributed by atoms with E-state index in [2.05, 4.69) is 21.2 Å². The number of sulfonamides is 1. The summed E-state index contributed by atoms with van der Waals surface area (Å²) in [6.45, 7) is 5.59. The Morgan fingerprint density at radius 1 is 0.902 bits per heavy atom. The van der Waals surface area contributed by atoms with Crippen molar-refractivity contribution in [3.8, 4) is 11.5 Å². The number of rotatable bonds is 13. The SMILES string of the molecule is COc1ccc(N(CC(=O)N(Cc2ccc(Br)cc2)C(C)C(=O)NCC(C)C)S(=O)(=O)c2ccccc2)cc1OC. The summed E-state index contributed by atoms with van der Waals surface area (Å²) in [6.07, 6.45) is 0. The highest BCUT2D eigenvalue weighted by Gasteiger charge is 2.33. The van der Waals surface area contributed by atoms with Gasteiger partial charge in [-0.25, -0.2) is 8.42 Å². The van der Waals surface area contributed by atoms with Crippen LogP contribution in [0.3, 0.4) is 0 Å². The van der Waals surface area contributed by atoms with Gasteiger partial charge in [0, 0.05) is 23.6 Å². The Bertz CT molecular complexity index is 1430. The van der Waals surface area contributed by atoms with Gasteiger partial charge in [0.15, 0.2) is 11.5 Å². The standard InChI is InChI=1S/C30H36BrN3O6S/c1-21(2)18-32-30(36)22(3)33(19-23-11-13-24(31)14-12-23)29(35)20-34(41(37,38)26-9-7-6-8-10-26)25-15-16-27(39-4)28(17-25)40-5/h6-17,21-22H,18-20H2,1-5H3,(H,32,36). The van der Waals surface area contributed by atoms with Crippen LogP contribution in [0, 0.1) is 5.92 Å². The van der Waals surface area contributed by atoms with Crippen LogP contribution in [0.1, 0.15) is 26.3 Å². The summed E-state index contributed by atoms with van der Waals surface area (Å²) in [5.74, 6) is 0.0614. The molecule has 0 aromatic heterocycles. The molecule has 0 radical (unpaired) electrons. The van der Waals surface area contributed by atoms with Gasteiger partial charge >= 0.3 is 0 Å². The summed E-state index contributed by atoms with van der Waals surface area (Å²) in [6, 6.07) is 19.0. The molecule has 0 spiro atoms. The first-order valence-corrected chi connectivity index (χ1v) is 15.3. The minimum Gasteiger partial charge on any atom is -0.493 e. The van der Waals surface area contributed by atoms with Crippen LogP contribution in [-0.2, 0) is 26.2 Å². The highest BCUT2D eigenvalue weighted by Crippen LogP contribution is 2.34. The molecule has 0 aliphatic heterocycles. The van der Waals surface area contributed by atoms with Crippen molar-refractivity contribution in [2.75, 3.05) is 31.6 Å². The average molecular weight is 647 g/mol. The van der Waals surface area contributed by atoms with E-state index in [0.717, 1.165) is 14.3 Å². The Labute approximate surface area is 250 Å². The molecule has 11 heteroatoms. The molecule has 3 aromatic carbocycles. The van der Waals surface area contributed by atoms with Crippen molar-refractivity contribution in [3.05, 3.63) is 82.8 Å². The van der Waals surface area contributed by atoms with E-state index in [-0.39, 0.29) is 29.0 Å². The van der Waals surface area contributed by atoms with E-state index in [1.165, 1.54) is 37.3 Å². The zero-order chi connectivity index (χ0) is 30.2. The normalized spacial score (nSPS) is 12.0. The Kier molecular flexibility index (Phi) is 11.2. The van der Waals surface area contributed by atoms with Crippen molar-refractivity contribution >= 4 is 43.5 Å². The second-order valence-electron chi connectivity index (χ2n) is 9.83. The molecule has 3 rings (SSSR count). The van der Waals surface area contributed by atoms with Gasteiger partial charge in [-0.2, -0.15) is 0 Å². The van der Waals surface area contributed by atoms with Crippen molar-refractivity contribution in [1.29, 1.82) is 0 Å². The van der Waals surface area contributed by atoms with Crippen molar-refractivity contribution in [1.82, 2.24) is 10.2 Å². The number of hydrogen-bond donors (Lipinski definition) is 1.